The lowest BCUT2D eigenvalue weighted by atomic mass is 10.1. The van der Waals surface area contributed by atoms with Crippen molar-refractivity contribution in [2.75, 3.05) is 13.2 Å². The van der Waals surface area contributed by atoms with E-state index >= 15 is 0 Å². The molecule has 0 bridgehead atoms. The first kappa shape index (κ1) is 66.6. The van der Waals surface area contributed by atoms with Gasteiger partial charge < -0.3 is 14.2 Å². The van der Waals surface area contributed by atoms with Gasteiger partial charge in [-0.25, -0.2) is 0 Å². The number of rotatable bonds is 50. The summed E-state index contributed by atoms with van der Waals surface area (Å²) in [5, 5.41) is 0. The Kier molecular flexibility index (Phi) is 54.5. The first-order valence-corrected chi connectivity index (χ1v) is 28.7. The van der Waals surface area contributed by atoms with Crippen molar-refractivity contribution in [3.63, 3.8) is 0 Å². The Labute approximate surface area is 436 Å². The van der Waals surface area contributed by atoms with Crippen molar-refractivity contribution in [1.29, 1.82) is 0 Å². The normalized spacial score (nSPS) is 12.7. The Balaban J connectivity index is 4.53. The third-order valence-corrected chi connectivity index (χ3v) is 11.6. The smallest absolute Gasteiger partial charge is 0.306 e. The van der Waals surface area contributed by atoms with E-state index in [1.54, 1.807) is 0 Å². The molecule has 0 fully saturated rings. The van der Waals surface area contributed by atoms with Crippen molar-refractivity contribution in [2.24, 2.45) is 0 Å². The van der Waals surface area contributed by atoms with Crippen LogP contribution in [0.15, 0.2) is 134 Å². The average molecular weight is 982 g/mol. The van der Waals surface area contributed by atoms with Gasteiger partial charge in [0.2, 0.25) is 0 Å². The van der Waals surface area contributed by atoms with Crippen LogP contribution in [-0.2, 0) is 28.6 Å². The molecule has 0 radical (unpaired) electrons. The highest BCUT2D eigenvalue weighted by Crippen LogP contribution is 2.13. The fraction of sp³-hybridized carbons (Fsp3) is 0.615. The molecule has 0 aliphatic carbocycles. The van der Waals surface area contributed by atoms with E-state index in [1.807, 2.05) is 0 Å². The Morgan fingerprint density at radius 2 is 0.549 bits per heavy atom. The molecule has 0 amide bonds. The van der Waals surface area contributed by atoms with Crippen LogP contribution in [0, 0.1) is 0 Å². The van der Waals surface area contributed by atoms with Gasteiger partial charge in [0, 0.05) is 19.3 Å². The van der Waals surface area contributed by atoms with E-state index < -0.39 is 6.10 Å². The van der Waals surface area contributed by atoms with Gasteiger partial charge in [-0.05, 0) is 135 Å². The van der Waals surface area contributed by atoms with Crippen molar-refractivity contribution in [3.05, 3.63) is 134 Å². The number of carbonyl (C=O) groups is 3. The van der Waals surface area contributed by atoms with Gasteiger partial charge in [-0.15, -0.1) is 0 Å². The zero-order valence-electron chi connectivity index (χ0n) is 45.7. The molecule has 0 spiro atoms. The third-order valence-electron chi connectivity index (χ3n) is 11.6. The van der Waals surface area contributed by atoms with Gasteiger partial charge in [0.1, 0.15) is 13.2 Å². The molecule has 6 heteroatoms. The average Bonchev–Trinajstić information content (AvgIpc) is 3.37. The van der Waals surface area contributed by atoms with Crippen LogP contribution in [0.5, 0.6) is 0 Å². The van der Waals surface area contributed by atoms with E-state index in [-0.39, 0.29) is 31.1 Å². The molecule has 0 atom stereocenters. The number of esters is 3. The van der Waals surface area contributed by atoms with Gasteiger partial charge >= 0.3 is 17.9 Å². The number of hydrogen-bond donors (Lipinski definition) is 0. The van der Waals surface area contributed by atoms with Crippen molar-refractivity contribution >= 4 is 17.9 Å². The van der Waals surface area contributed by atoms with Crippen LogP contribution >= 0.6 is 0 Å². The molecule has 6 nitrogen and oxygen atoms in total. The van der Waals surface area contributed by atoms with Gasteiger partial charge in [-0.1, -0.05) is 219 Å². The Morgan fingerprint density at radius 3 is 0.887 bits per heavy atom. The Morgan fingerprint density at radius 1 is 0.296 bits per heavy atom. The highest BCUT2D eigenvalue weighted by Gasteiger charge is 2.19. The summed E-state index contributed by atoms with van der Waals surface area (Å²) in [4.78, 5) is 38.2. The molecular formula is C65H104O6. The topological polar surface area (TPSA) is 78.9 Å². The van der Waals surface area contributed by atoms with Crippen LogP contribution in [0.4, 0.5) is 0 Å². The summed E-state index contributed by atoms with van der Waals surface area (Å²) in [6.07, 6.45) is 81.5. The van der Waals surface area contributed by atoms with Gasteiger partial charge in [0.05, 0.1) is 0 Å². The van der Waals surface area contributed by atoms with Crippen molar-refractivity contribution in [1.82, 2.24) is 0 Å². The van der Waals surface area contributed by atoms with Crippen molar-refractivity contribution in [2.45, 2.75) is 245 Å². The second kappa shape index (κ2) is 58.1. The lowest BCUT2D eigenvalue weighted by Gasteiger charge is -2.18. The minimum Gasteiger partial charge on any atom is -0.462 e. The third kappa shape index (κ3) is 56.3. The summed E-state index contributed by atoms with van der Waals surface area (Å²) in [7, 11) is 0. The molecule has 0 N–H and O–H groups in total. The monoisotopic (exact) mass is 981 g/mol. The molecule has 0 aliphatic heterocycles. The largest absolute Gasteiger partial charge is 0.462 e. The fourth-order valence-electron chi connectivity index (χ4n) is 7.37. The van der Waals surface area contributed by atoms with E-state index in [9.17, 15) is 14.4 Å². The van der Waals surface area contributed by atoms with E-state index in [4.69, 9.17) is 14.2 Å². The van der Waals surface area contributed by atoms with Gasteiger partial charge in [-0.3, -0.25) is 14.4 Å². The minimum atomic E-state index is -0.813. The van der Waals surface area contributed by atoms with Crippen LogP contribution < -0.4 is 0 Å². The SMILES string of the molecule is CC/C=C\C/C=C\C/C=C\C/C=C\C/C=C\CCCCCC(=O)OCC(COC(=O)CCCCC/C=C\C/C=C\C/C=C\C/C=C\C/C=C\CC)OC(=O)CCCCCCCCC/C=C\CCCCCC. The van der Waals surface area contributed by atoms with E-state index in [0.717, 1.165) is 135 Å². The molecule has 0 aliphatic rings. The van der Waals surface area contributed by atoms with Gasteiger partial charge in [-0.2, -0.15) is 0 Å². The first-order valence-electron chi connectivity index (χ1n) is 28.7. The number of allylic oxidation sites excluding steroid dienone is 22. The second-order valence-corrected chi connectivity index (χ2v) is 18.4. The lowest BCUT2D eigenvalue weighted by molar-refractivity contribution is -0.167. The predicted molar refractivity (Wildman–Crippen MR) is 306 cm³/mol. The van der Waals surface area contributed by atoms with E-state index in [0.29, 0.717) is 19.3 Å². The van der Waals surface area contributed by atoms with Crippen LogP contribution in [0.2, 0.25) is 0 Å². The van der Waals surface area contributed by atoms with Crippen LogP contribution in [0.1, 0.15) is 239 Å². The molecule has 0 aromatic carbocycles. The minimum absolute atomic E-state index is 0.112. The molecule has 71 heavy (non-hydrogen) atoms. The van der Waals surface area contributed by atoms with Crippen LogP contribution in [0.25, 0.3) is 0 Å². The van der Waals surface area contributed by atoms with E-state index in [2.05, 4.69) is 154 Å². The summed E-state index contributed by atoms with van der Waals surface area (Å²) in [6, 6.07) is 0. The van der Waals surface area contributed by atoms with E-state index in [1.165, 1.54) is 64.2 Å². The summed E-state index contributed by atoms with van der Waals surface area (Å²) >= 11 is 0. The number of ether oxygens (including phenoxy) is 3. The molecule has 0 unspecified atom stereocenters. The maximum Gasteiger partial charge on any atom is 0.306 e. The zero-order chi connectivity index (χ0) is 51.4. The summed E-state index contributed by atoms with van der Waals surface area (Å²) in [5.74, 6) is -0.981. The highest BCUT2D eigenvalue weighted by atomic mass is 16.6. The van der Waals surface area contributed by atoms with Crippen molar-refractivity contribution < 1.29 is 28.6 Å². The molecule has 0 rings (SSSR count). The Hall–Kier alpha value is -4.45. The molecule has 0 aromatic rings. The summed E-state index contributed by atoms with van der Waals surface area (Å²) in [5.41, 5.74) is 0. The standard InChI is InChI=1S/C65H104O6/c1-4-7-10-13-16-19-22-25-28-30-32-34-37-39-42-45-48-51-54-57-63(66)69-60-62(71-65(68)59-56-53-50-47-44-41-36-27-24-21-18-15-12-9-6-3)61-70-64(67)58-55-52-49-46-43-40-38-35-33-31-29-26-23-20-17-14-11-8-5-2/h7-8,10-11,16-17,19-21,24-26,28-29,32-35,39-40,42-43,62H,4-6,9,12-15,18,22-23,27,30-31,36-38,41,44-61H2,1-3H3/b10-7-,11-8-,19-16-,20-17-,24-21-,28-25-,29-26-,34-32-,35-33-,42-39-,43-40-. The number of unbranched alkanes of at least 4 members (excludes halogenated alkanes) is 17. The molecule has 0 heterocycles. The maximum absolute atomic E-state index is 12.9. The predicted octanol–water partition coefficient (Wildman–Crippen LogP) is 19.4. The fourth-order valence-corrected chi connectivity index (χ4v) is 7.37. The maximum atomic E-state index is 12.9. The van der Waals surface area contributed by atoms with Crippen molar-refractivity contribution in [3.8, 4) is 0 Å². The summed E-state index contributed by atoms with van der Waals surface area (Å²) in [6.45, 7) is 6.33. The van der Waals surface area contributed by atoms with Crippen LogP contribution in [0.3, 0.4) is 0 Å². The lowest BCUT2D eigenvalue weighted by Crippen LogP contribution is -2.30. The molecule has 0 saturated heterocycles. The molecule has 0 saturated carbocycles. The van der Waals surface area contributed by atoms with Gasteiger partial charge in [0.15, 0.2) is 6.10 Å². The highest BCUT2D eigenvalue weighted by molar-refractivity contribution is 5.71. The summed E-state index contributed by atoms with van der Waals surface area (Å²) < 4.78 is 16.8. The quantitative estimate of drug-likeness (QED) is 0.0262. The Bertz CT molecular complexity index is 1460. The zero-order valence-corrected chi connectivity index (χ0v) is 45.7. The second-order valence-electron chi connectivity index (χ2n) is 18.4. The number of carbonyl (C=O) groups excluding carboxylic acids is 3. The molecule has 0 aromatic heterocycles. The molecule has 400 valence electrons. The molecular weight excluding hydrogens is 877 g/mol. The van der Waals surface area contributed by atoms with Gasteiger partial charge in [0.25, 0.3) is 0 Å². The first-order chi connectivity index (χ1) is 35.0. The van der Waals surface area contributed by atoms with Crippen LogP contribution in [-0.4, -0.2) is 37.2 Å². The number of hydrogen-bond acceptors (Lipinski definition) is 6.